The Morgan fingerprint density at radius 2 is 1.82 bits per heavy atom. The minimum atomic E-state index is -0.298. The van der Waals surface area contributed by atoms with Crippen molar-refractivity contribution < 1.29 is 9.18 Å². The van der Waals surface area contributed by atoms with E-state index in [-0.39, 0.29) is 16.9 Å². The molecule has 0 spiro atoms. The van der Waals surface area contributed by atoms with Gasteiger partial charge in [0.25, 0.3) is 5.91 Å². The van der Waals surface area contributed by atoms with Crippen molar-refractivity contribution in [3.8, 4) is 0 Å². The van der Waals surface area contributed by atoms with Gasteiger partial charge in [-0.2, -0.15) is 5.10 Å². The van der Waals surface area contributed by atoms with Crippen LogP contribution in [0.15, 0.2) is 54.6 Å². The summed E-state index contributed by atoms with van der Waals surface area (Å²) in [6.45, 7) is 3.39. The predicted octanol–water partition coefficient (Wildman–Crippen LogP) is 4.26. The molecule has 2 aromatic carbocycles. The van der Waals surface area contributed by atoms with E-state index in [0.29, 0.717) is 24.3 Å². The van der Waals surface area contributed by atoms with Crippen molar-refractivity contribution in [1.29, 1.82) is 0 Å². The summed E-state index contributed by atoms with van der Waals surface area (Å²) in [7, 11) is 0. The van der Waals surface area contributed by atoms with E-state index in [9.17, 15) is 9.18 Å². The van der Waals surface area contributed by atoms with Crippen LogP contribution in [0.1, 0.15) is 28.0 Å². The molecule has 0 aliphatic rings. The third-order valence-corrected chi connectivity index (χ3v) is 4.66. The number of nitrogens with zero attached hydrogens (tertiary/aromatic N) is 2. The number of para-hydroxylation sites is 1. The van der Waals surface area contributed by atoms with Crippen molar-refractivity contribution >= 4 is 23.2 Å². The van der Waals surface area contributed by atoms with Crippen LogP contribution >= 0.6 is 11.6 Å². The molecule has 3 aromatic rings. The quantitative estimate of drug-likeness (QED) is 0.555. The molecule has 0 atom stereocenters. The lowest BCUT2D eigenvalue weighted by Gasteiger charge is -2.08. The molecule has 0 radical (unpaired) electrons. The van der Waals surface area contributed by atoms with E-state index in [1.807, 2.05) is 30.3 Å². The topological polar surface area (TPSA) is 59.0 Å². The van der Waals surface area contributed by atoms with Crippen LogP contribution in [-0.2, 0) is 6.54 Å². The maximum absolute atomic E-state index is 13.0. The number of nitrogens with one attached hydrogen (secondary N) is 2. The number of rotatable bonds is 8. The van der Waals surface area contributed by atoms with E-state index in [2.05, 4.69) is 15.7 Å². The monoisotopic (exact) mass is 400 g/mol. The van der Waals surface area contributed by atoms with Crippen molar-refractivity contribution in [2.24, 2.45) is 0 Å². The van der Waals surface area contributed by atoms with Gasteiger partial charge in [0.1, 0.15) is 11.0 Å². The Bertz CT molecular complexity index is 926. The van der Waals surface area contributed by atoms with Gasteiger partial charge in [-0.05, 0) is 43.2 Å². The minimum absolute atomic E-state index is 0.243. The van der Waals surface area contributed by atoms with Gasteiger partial charge in [-0.3, -0.25) is 4.79 Å². The first-order valence-electron chi connectivity index (χ1n) is 9.09. The summed E-state index contributed by atoms with van der Waals surface area (Å²) in [5.74, 6) is -0.541. The molecule has 1 amide bonds. The second-order valence-corrected chi connectivity index (χ2v) is 6.80. The Hall–Kier alpha value is -2.86. The van der Waals surface area contributed by atoms with Gasteiger partial charge < -0.3 is 10.6 Å². The summed E-state index contributed by atoms with van der Waals surface area (Å²) in [5.41, 5.74) is 2.84. The average Bonchev–Trinajstić information content (AvgIpc) is 2.97. The first-order chi connectivity index (χ1) is 13.5. The third kappa shape index (κ3) is 5.10. The number of carbonyl (C=O) groups is 1. The standard InChI is InChI=1S/C21H22ClFN4O/c1-15-19(20(22)27(26-15)14-16-8-10-17(23)11-9-16)21(28)25-13-5-12-24-18-6-3-2-4-7-18/h2-4,6-11,24H,5,12-14H2,1H3,(H,25,28). The van der Waals surface area contributed by atoms with E-state index in [0.717, 1.165) is 24.2 Å². The lowest BCUT2D eigenvalue weighted by atomic mass is 10.2. The lowest BCUT2D eigenvalue weighted by molar-refractivity contribution is 0.0953. The number of hydrogen-bond donors (Lipinski definition) is 2. The number of aromatic nitrogens is 2. The highest BCUT2D eigenvalue weighted by molar-refractivity contribution is 6.33. The normalized spacial score (nSPS) is 10.7. The van der Waals surface area contributed by atoms with Crippen LogP contribution in [0.5, 0.6) is 0 Å². The number of hydrogen-bond acceptors (Lipinski definition) is 3. The first-order valence-corrected chi connectivity index (χ1v) is 9.47. The summed E-state index contributed by atoms with van der Waals surface area (Å²) in [6, 6.07) is 16.0. The fourth-order valence-electron chi connectivity index (χ4n) is 2.85. The Morgan fingerprint density at radius 1 is 1.11 bits per heavy atom. The van der Waals surface area contributed by atoms with Gasteiger partial charge >= 0.3 is 0 Å². The van der Waals surface area contributed by atoms with Crippen LogP contribution in [0.3, 0.4) is 0 Å². The fourth-order valence-corrected chi connectivity index (χ4v) is 3.17. The molecule has 1 aromatic heterocycles. The smallest absolute Gasteiger partial charge is 0.256 e. The number of halogens is 2. The molecular weight excluding hydrogens is 379 g/mol. The van der Waals surface area contributed by atoms with Gasteiger partial charge in [0.05, 0.1) is 17.8 Å². The molecule has 0 unspecified atom stereocenters. The van der Waals surface area contributed by atoms with Crippen LogP contribution in [-0.4, -0.2) is 28.8 Å². The molecule has 0 aliphatic heterocycles. The third-order valence-electron chi connectivity index (χ3n) is 4.28. The van der Waals surface area contributed by atoms with E-state index in [4.69, 9.17) is 11.6 Å². The molecule has 0 saturated carbocycles. The maximum atomic E-state index is 13.0. The number of carbonyl (C=O) groups excluding carboxylic acids is 1. The number of amides is 1. The molecule has 3 rings (SSSR count). The van der Waals surface area contributed by atoms with E-state index in [1.165, 1.54) is 12.1 Å². The summed E-state index contributed by atoms with van der Waals surface area (Å²) >= 11 is 6.38. The zero-order chi connectivity index (χ0) is 19.9. The van der Waals surface area contributed by atoms with E-state index >= 15 is 0 Å². The van der Waals surface area contributed by atoms with Crippen molar-refractivity contribution in [3.05, 3.63) is 82.4 Å². The maximum Gasteiger partial charge on any atom is 0.256 e. The molecule has 5 nitrogen and oxygen atoms in total. The Kier molecular flexibility index (Phi) is 6.66. The molecule has 0 saturated heterocycles. The highest BCUT2D eigenvalue weighted by Gasteiger charge is 2.20. The van der Waals surface area contributed by atoms with E-state index < -0.39 is 0 Å². The minimum Gasteiger partial charge on any atom is -0.385 e. The van der Waals surface area contributed by atoms with Gasteiger partial charge in [-0.1, -0.05) is 41.9 Å². The Morgan fingerprint density at radius 3 is 2.54 bits per heavy atom. The van der Waals surface area contributed by atoms with Crippen LogP contribution < -0.4 is 10.6 Å². The average molecular weight is 401 g/mol. The Labute approximate surface area is 168 Å². The second kappa shape index (κ2) is 9.37. The highest BCUT2D eigenvalue weighted by Crippen LogP contribution is 2.21. The number of aryl methyl sites for hydroxylation is 1. The lowest BCUT2D eigenvalue weighted by Crippen LogP contribution is -2.26. The van der Waals surface area contributed by atoms with Crippen LogP contribution in [0.25, 0.3) is 0 Å². The van der Waals surface area contributed by atoms with Gasteiger partial charge in [-0.15, -0.1) is 0 Å². The molecule has 1 heterocycles. The van der Waals surface area contributed by atoms with Gasteiger partial charge in [-0.25, -0.2) is 9.07 Å². The SMILES string of the molecule is Cc1nn(Cc2ccc(F)cc2)c(Cl)c1C(=O)NCCCNc1ccccc1. The molecule has 0 fully saturated rings. The number of benzene rings is 2. The van der Waals surface area contributed by atoms with Crippen molar-refractivity contribution in [2.75, 3.05) is 18.4 Å². The Balaban J connectivity index is 1.53. The molecule has 0 aliphatic carbocycles. The van der Waals surface area contributed by atoms with Crippen molar-refractivity contribution in [3.63, 3.8) is 0 Å². The van der Waals surface area contributed by atoms with Crippen LogP contribution in [0.2, 0.25) is 5.15 Å². The van der Waals surface area contributed by atoms with E-state index in [1.54, 1.807) is 23.7 Å². The summed E-state index contributed by atoms with van der Waals surface area (Å²) in [4.78, 5) is 12.5. The highest BCUT2D eigenvalue weighted by atomic mass is 35.5. The summed E-state index contributed by atoms with van der Waals surface area (Å²) in [6.07, 6.45) is 0.779. The largest absolute Gasteiger partial charge is 0.385 e. The van der Waals surface area contributed by atoms with Crippen molar-refractivity contribution in [2.45, 2.75) is 19.9 Å². The fraction of sp³-hybridized carbons (Fsp3) is 0.238. The molecular formula is C21H22ClFN4O. The molecule has 0 bridgehead atoms. The molecule has 28 heavy (non-hydrogen) atoms. The van der Waals surface area contributed by atoms with Crippen LogP contribution in [0.4, 0.5) is 10.1 Å². The zero-order valence-corrected chi connectivity index (χ0v) is 16.3. The summed E-state index contributed by atoms with van der Waals surface area (Å²) < 4.78 is 14.6. The zero-order valence-electron chi connectivity index (χ0n) is 15.6. The van der Waals surface area contributed by atoms with Gasteiger partial charge in [0, 0.05) is 18.8 Å². The predicted molar refractivity (Wildman–Crippen MR) is 109 cm³/mol. The second-order valence-electron chi connectivity index (χ2n) is 6.44. The molecule has 2 N–H and O–H groups in total. The molecule has 146 valence electrons. The summed E-state index contributed by atoms with van der Waals surface area (Å²) in [5, 5.41) is 10.8. The van der Waals surface area contributed by atoms with Gasteiger partial charge in [0.2, 0.25) is 0 Å². The first kappa shape index (κ1) is 19.9. The molecule has 7 heteroatoms. The van der Waals surface area contributed by atoms with Crippen molar-refractivity contribution in [1.82, 2.24) is 15.1 Å². The van der Waals surface area contributed by atoms with Gasteiger partial charge in [0.15, 0.2) is 0 Å². The number of anilines is 1. The van der Waals surface area contributed by atoms with Crippen LogP contribution in [0, 0.1) is 12.7 Å².